The Morgan fingerprint density at radius 3 is 2.47 bits per heavy atom. The Bertz CT molecular complexity index is 1470. The summed E-state index contributed by atoms with van der Waals surface area (Å²) in [5, 5.41) is 13.6. The maximum absolute atomic E-state index is 13.7. The molecule has 38 heavy (non-hydrogen) atoms. The van der Waals surface area contributed by atoms with Crippen LogP contribution in [0.25, 0.3) is 10.9 Å². The number of ether oxygens (including phenoxy) is 2. The first-order valence-electron chi connectivity index (χ1n) is 13.0. The van der Waals surface area contributed by atoms with E-state index in [-0.39, 0.29) is 23.0 Å². The van der Waals surface area contributed by atoms with Gasteiger partial charge in [0.05, 0.1) is 17.1 Å². The van der Waals surface area contributed by atoms with Crippen molar-refractivity contribution in [1.82, 2.24) is 30.1 Å². The number of hydrogen-bond donors (Lipinski definition) is 1. The molecule has 200 valence electrons. The number of pyridine rings is 1. The second-order valence-corrected chi connectivity index (χ2v) is 10.7. The van der Waals surface area contributed by atoms with Crippen molar-refractivity contribution in [1.29, 1.82) is 0 Å². The number of nitrogens with one attached hydrogen (secondary N) is 1. The van der Waals surface area contributed by atoms with E-state index in [1.165, 1.54) is 12.1 Å². The highest BCUT2D eigenvalue weighted by atomic mass is 19.1. The predicted octanol–water partition coefficient (Wildman–Crippen LogP) is 4.72. The fraction of sp³-hybridized carbons (Fsp3) is 0.429. The molecule has 3 heterocycles. The second kappa shape index (κ2) is 10.5. The number of halogens is 1. The summed E-state index contributed by atoms with van der Waals surface area (Å²) >= 11 is 0. The molecule has 1 unspecified atom stereocenters. The third-order valence-corrected chi connectivity index (χ3v) is 6.69. The van der Waals surface area contributed by atoms with Gasteiger partial charge in [-0.1, -0.05) is 25.5 Å². The number of aromatic amines is 1. The molecular formula is C28H33FN6O3. The Morgan fingerprint density at radius 2 is 1.79 bits per heavy atom. The largest absolute Gasteiger partial charge is 0.486 e. The van der Waals surface area contributed by atoms with E-state index < -0.39 is 0 Å². The number of hydrogen-bond acceptors (Lipinski definition) is 7. The van der Waals surface area contributed by atoms with Crippen molar-refractivity contribution in [2.45, 2.75) is 65.2 Å². The smallest absolute Gasteiger partial charge is 0.252 e. The lowest BCUT2D eigenvalue weighted by atomic mass is 10.0. The van der Waals surface area contributed by atoms with Gasteiger partial charge in [-0.3, -0.25) is 9.69 Å². The molecule has 0 saturated carbocycles. The van der Waals surface area contributed by atoms with Crippen LogP contribution in [0.4, 0.5) is 4.39 Å². The van der Waals surface area contributed by atoms with Crippen LogP contribution in [-0.4, -0.2) is 43.3 Å². The molecule has 0 amide bonds. The highest BCUT2D eigenvalue weighted by Crippen LogP contribution is 2.34. The zero-order valence-electron chi connectivity index (χ0n) is 22.2. The third kappa shape index (κ3) is 5.40. The van der Waals surface area contributed by atoms with Crippen LogP contribution in [0.2, 0.25) is 0 Å². The van der Waals surface area contributed by atoms with Gasteiger partial charge in [-0.05, 0) is 67.4 Å². The zero-order valence-corrected chi connectivity index (χ0v) is 22.2. The molecule has 1 aliphatic heterocycles. The number of benzene rings is 2. The van der Waals surface area contributed by atoms with E-state index in [0.717, 1.165) is 29.6 Å². The van der Waals surface area contributed by atoms with Crippen LogP contribution in [0.3, 0.4) is 0 Å². The minimum Gasteiger partial charge on any atom is -0.486 e. The molecule has 1 aliphatic rings. The Kier molecular flexibility index (Phi) is 7.16. The molecule has 2 aromatic carbocycles. The molecule has 1 atom stereocenters. The van der Waals surface area contributed by atoms with Crippen LogP contribution >= 0.6 is 0 Å². The number of fused-ring (bicyclic) bond motifs is 2. The third-order valence-electron chi connectivity index (χ3n) is 6.69. The highest BCUT2D eigenvalue weighted by Gasteiger charge is 2.30. The topological polar surface area (TPSA) is 98.2 Å². The molecule has 5 rings (SSSR count). The molecule has 0 aliphatic carbocycles. The number of H-pyrrole nitrogens is 1. The van der Waals surface area contributed by atoms with Crippen molar-refractivity contribution in [2.75, 3.05) is 13.2 Å². The summed E-state index contributed by atoms with van der Waals surface area (Å²) in [6, 6.07) is 11.9. The monoisotopic (exact) mass is 520 g/mol. The summed E-state index contributed by atoms with van der Waals surface area (Å²) in [6.45, 7) is 10.1. The molecule has 2 aromatic heterocycles. The minimum absolute atomic E-state index is 0.172. The van der Waals surface area contributed by atoms with Crippen LogP contribution in [0.15, 0.2) is 47.3 Å². The maximum Gasteiger partial charge on any atom is 0.252 e. The van der Waals surface area contributed by atoms with Crippen molar-refractivity contribution < 1.29 is 13.9 Å². The standard InChI is InChI=1S/C28H33FN6O3/c1-5-6-23(26-31-32-33-35(26)28(2,3)4)34(16-18-7-9-21(29)10-8-18)17-20-13-19-14-24-25(38-12-11-37-24)15-22(19)30-27(20)36/h7-10,13-15,23H,5-6,11-12,16-17H2,1-4H3,(H,30,36). The van der Waals surface area contributed by atoms with Gasteiger partial charge in [0, 0.05) is 30.1 Å². The fourth-order valence-corrected chi connectivity index (χ4v) is 4.85. The quantitative estimate of drug-likeness (QED) is 0.359. The van der Waals surface area contributed by atoms with E-state index in [1.807, 2.05) is 22.9 Å². The van der Waals surface area contributed by atoms with Crippen molar-refractivity contribution in [3.63, 3.8) is 0 Å². The number of tetrazole rings is 1. The summed E-state index contributed by atoms with van der Waals surface area (Å²) < 4.78 is 26.9. The number of rotatable bonds is 8. The molecule has 0 spiro atoms. The first-order valence-corrected chi connectivity index (χ1v) is 13.0. The van der Waals surface area contributed by atoms with Crippen LogP contribution in [0.5, 0.6) is 11.5 Å². The molecule has 1 N–H and O–H groups in total. The van der Waals surface area contributed by atoms with Gasteiger partial charge in [0.2, 0.25) is 0 Å². The first-order chi connectivity index (χ1) is 18.2. The van der Waals surface area contributed by atoms with Gasteiger partial charge in [0.1, 0.15) is 19.0 Å². The van der Waals surface area contributed by atoms with Crippen molar-refractivity contribution >= 4 is 10.9 Å². The van der Waals surface area contributed by atoms with E-state index in [9.17, 15) is 9.18 Å². The van der Waals surface area contributed by atoms with E-state index in [1.54, 1.807) is 12.1 Å². The van der Waals surface area contributed by atoms with Gasteiger partial charge < -0.3 is 14.5 Å². The summed E-state index contributed by atoms with van der Waals surface area (Å²) in [7, 11) is 0. The van der Waals surface area contributed by atoms with Crippen LogP contribution in [0, 0.1) is 5.82 Å². The normalized spacial score (nSPS) is 14.3. The number of aromatic nitrogens is 5. The molecule has 9 nitrogen and oxygen atoms in total. The second-order valence-electron chi connectivity index (χ2n) is 10.7. The van der Waals surface area contributed by atoms with Crippen molar-refractivity contribution in [3.05, 3.63) is 75.6 Å². The van der Waals surface area contributed by atoms with Crippen molar-refractivity contribution in [2.24, 2.45) is 0 Å². The average molecular weight is 521 g/mol. The fourth-order valence-electron chi connectivity index (χ4n) is 4.85. The predicted molar refractivity (Wildman–Crippen MR) is 142 cm³/mol. The SMILES string of the molecule is CCCC(c1nnnn1C(C)(C)C)N(Cc1ccc(F)cc1)Cc1cc2cc3c(cc2[nH]c1=O)OCCO3. The van der Waals surface area contributed by atoms with Crippen LogP contribution in [0.1, 0.15) is 63.5 Å². The van der Waals surface area contributed by atoms with Gasteiger partial charge in [-0.2, -0.15) is 0 Å². The zero-order chi connectivity index (χ0) is 26.9. The molecule has 10 heteroatoms. The molecular weight excluding hydrogens is 487 g/mol. The first kappa shape index (κ1) is 25.8. The van der Waals surface area contributed by atoms with E-state index in [4.69, 9.17) is 9.47 Å². The molecule has 4 aromatic rings. The van der Waals surface area contributed by atoms with Gasteiger partial charge in [0.25, 0.3) is 5.56 Å². The van der Waals surface area contributed by atoms with Crippen LogP contribution < -0.4 is 15.0 Å². The van der Waals surface area contributed by atoms with Crippen LogP contribution in [-0.2, 0) is 18.6 Å². The molecule has 0 fully saturated rings. The Labute approximate surface area is 220 Å². The molecule has 0 saturated heterocycles. The van der Waals surface area contributed by atoms with Gasteiger partial charge in [-0.15, -0.1) is 5.10 Å². The van der Waals surface area contributed by atoms with E-state index in [2.05, 4.69) is 53.1 Å². The lowest BCUT2D eigenvalue weighted by Gasteiger charge is -2.33. The van der Waals surface area contributed by atoms with Gasteiger partial charge in [0.15, 0.2) is 17.3 Å². The lowest BCUT2D eigenvalue weighted by Crippen LogP contribution is -2.35. The Balaban J connectivity index is 1.57. The Morgan fingerprint density at radius 1 is 1.08 bits per heavy atom. The van der Waals surface area contributed by atoms with Gasteiger partial charge in [-0.25, -0.2) is 9.07 Å². The summed E-state index contributed by atoms with van der Waals surface area (Å²) in [6.07, 6.45) is 1.67. The summed E-state index contributed by atoms with van der Waals surface area (Å²) in [4.78, 5) is 18.5. The van der Waals surface area contributed by atoms with E-state index in [0.29, 0.717) is 48.9 Å². The van der Waals surface area contributed by atoms with Crippen molar-refractivity contribution in [3.8, 4) is 11.5 Å². The summed E-state index contributed by atoms with van der Waals surface area (Å²) in [5.41, 5.74) is 1.72. The lowest BCUT2D eigenvalue weighted by molar-refractivity contribution is 0.148. The van der Waals surface area contributed by atoms with E-state index >= 15 is 0 Å². The Hall–Kier alpha value is -3.79. The highest BCUT2D eigenvalue weighted by molar-refractivity contribution is 5.83. The molecule has 0 radical (unpaired) electrons. The van der Waals surface area contributed by atoms with Gasteiger partial charge >= 0.3 is 0 Å². The maximum atomic E-state index is 13.7. The molecule has 0 bridgehead atoms. The minimum atomic E-state index is -0.325. The summed E-state index contributed by atoms with van der Waals surface area (Å²) in [5.74, 6) is 1.74. The average Bonchev–Trinajstić information content (AvgIpc) is 3.38. The number of nitrogens with zero attached hydrogens (tertiary/aromatic N) is 5.